The highest BCUT2D eigenvalue weighted by Gasteiger charge is 2.29. The summed E-state index contributed by atoms with van der Waals surface area (Å²) < 4.78 is 18.9. The van der Waals surface area contributed by atoms with Crippen molar-refractivity contribution in [3.63, 3.8) is 0 Å². The first kappa shape index (κ1) is 27.5. The number of pyridine rings is 2. The average molecular weight is 549 g/mol. The summed E-state index contributed by atoms with van der Waals surface area (Å²) in [6, 6.07) is 10.2. The van der Waals surface area contributed by atoms with Crippen LogP contribution in [0.1, 0.15) is 36.4 Å². The molecule has 5 heterocycles. The Morgan fingerprint density at radius 1 is 1.03 bits per heavy atom. The van der Waals surface area contributed by atoms with E-state index in [1.165, 1.54) is 5.56 Å². The number of nitrogens with zero attached hydrogens (tertiary/aromatic N) is 3. The van der Waals surface area contributed by atoms with Crippen molar-refractivity contribution in [2.45, 2.75) is 44.3 Å². The molecule has 3 aromatic rings. The smallest absolute Gasteiger partial charge is 0.251 e. The number of hydrogen-bond donors (Lipinski definition) is 1. The number of aromatic nitrogens is 2. The van der Waals surface area contributed by atoms with Crippen molar-refractivity contribution in [3.8, 4) is 17.2 Å². The van der Waals surface area contributed by atoms with Crippen LogP contribution in [0.15, 0.2) is 41.3 Å². The van der Waals surface area contributed by atoms with E-state index >= 15 is 0 Å². The van der Waals surface area contributed by atoms with E-state index < -0.39 is 0 Å². The third-order valence-corrected chi connectivity index (χ3v) is 7.60. The summed E-state index contributed by atoms with van der Waals surface area (Å²) in [6.45, 7) is 5.78. The zero-order valence-corrected chi connectivity index (χ0v) is 22.6. The number of piperidine rings is 1. The van der Waals surface area contributed by atoms with Gasteiger partial charge in [0.1, 0.15) is 19.0 Å². The second-order valence-electron chi connectivity index (χ2n) is 9.70. The van der Waals surface area contributed by atoms with Gasteiger partial charge < -0.3 is 29.0 Å². The van der Waals surface area contributed by atoms with E-state index in [1.807, 2.05) is 22.8 Å². The quantitative estimate of drug-likeness (QED) is 0.502. The number of fused-ring (bicyclic) bond motifs is 1. The summed E-state index contributed by atoms with van der Waals surface area (Å²) in [4.78, 5) is 19.6. The SMILES string of the molecule is COc1ccc2ccc(=O)n3c2c1C(CN1CCC(NCc2cc4c(cn2)OCCO4)CC1)CC3.Cl.Cl. The van der Waals surface area contributed by atoms with Gasteiger partial charge in [0.05, 0.1) is 24.5 Å². The molecule has 0 aliphatic carbocycles. The van der Waals surface area contributed by atoms with E-state index in [1.54, 1.807) is 19.4 Å². The normalized spacial score (nSPS) is 19.1. The van der Waals surface area contributed by atoms with E-state index in [9.17, 15) is 4.79 Å². The van der Waals surface area contributed by atoms with Crippen molar-refractivity contribution >= 4 is 35.7 Å². The van der Waals surface area contributed by atoms with Gasteiger partial charge in [0.25, 0.3) is 5.56 Å². The van der Waals surface area contributed by atoms with Crippen LogP contribution in [0.5, 0.6) is 17.2 Å². The third kappa shape index (κ3) is 5.53. The molecule has 1 aromatic carbocycles. The Bertz CT molecular complexity index is 1290. The number of halogens is 2. The second-order valence-corrected chi connectivity index (χ2v) is 9.70. The minimum atomic E-state index is 0. The Morgan fingerprint density at radius 3 is 2.57 bits per heavy atom. The molecule has 3 aliphatic heterocycles. The van der Waals surface area contributed by atoms with E-state index in [-0.39, 0.29) is 30.4 Å². The van der Waals surface area contributed by atoms with Crippen LogP contribution in [0.25, 0.3) is 10.9 Å². The summed E-state index contributed by atoms with van der Waals surface area (Å²) in [7, 11) is 1.72. The molecule has 1 atom stereocenters. The van der Waals surface area contributed by atoms with Crippen molar-refractivity contribution in [3.05, 3.63) is 58.1 Å². The maximum Gasteiger partial charge on any atom is 0.251 e. The lowest BCUT2D eigenvalue weighted by Crippen LogP contribution is -2.44. The lowest BCUT2D eigenvalue weighted by atomic mass is 9.88. The predicted molar refractivity (Wildman–Crippen MR) is 148 cm³/mol. The topological polar surface area (TPSA) is 77.9 Å². The van der Waals surface area contributed by atoms with Crippen LogP contribution in [0.4, 0.5) is 0 Å². The highest BCUT2D eigenvalue weighted by molar-refractivity contribution is 5.86. The first-order chi connectivity index (χ1) is 17.2. The Morgan fingerprint density at radius 2 is 1.78 bits per heavy atom. The van der Waals surface area contributed by atoms with Crippen LogP contribution in [0, 0.1) is 0 Å². The Balaban J connectivity index is 0.00000160. The Hall–Kier alpha value is -2.52. The monoisotopic (exact) mass is 548 g/mol. The van der Waals surface area contributed by atoms with Crippen LogP contribution in [-0.4, -0.2) is 60.5 Å². The maximum atomic E-state index is 12.5. The zero-order chi connectivity index (χ0) is 23.8. The molecule has 1 saturated heterocycles. The van der Waals surface area contributed by atoms with Crippen LogP contribution in [-0.2, 0) is 13.1 Å². The molecule has 8 nitrogen and oxygen atoms in total. The Kier molecular flexibility index (Phi) is 8.85. The fourth-order valence-corrected chi connectivity index (χ4v) is 5.78. The van der Waals surface area contributed by atoms with Gasteiger partial charge in [0.15, 0.2) is 11.5 Å². The molecule has 1 fully saturated rings. The molecule has 6 rings (SSSR count). The lowest BCUT2D eigenvalue weighted by molar-refractivity contribution is 0.170. The summed E-state index contributed by atoms with van der Waals surface area (Å²) in [6.07, 6.45) is 4.93. The fraction of sp³-hybridized carbons (Fsp3) is 0.481. The number of ether oxygens (including phenoxy) is 3. The van der Waals surface area contributed by atoms with E-state index in [2.05, 4.69) is 21.3 Å². The highest BCUT2D eigenvalue weighted by atomic mass is 35.5. The standard InChI is InChI=1S/C27H32N4O4.2ClH/c1-33-22-4-2-18-3-5-25(32)31-11-6-19(26(22)27(18)31)17-30-9-7-20(8-10-30)28-15-21-14-23-24(16-29-21)35-13-12-34-23;;/h2-5,14,16,19-20,28H,6-13,15,17H2,1H3;2*1H. The van der Waals surface area contributed by atoms with Crippen LogP contribution in [0.3, 0.4) is 0 Å². The van der Waals surface area contributed by atoms with Crippen molar-refractivity contribution in [2.24, 2.45) is 0 Å². The van der Waals surface area contributed by atoms with Gasteiger partial charge in [0.2, 0.25) is 0 Å². The molecule has 200 valence electrons. The number of rotatable bonds is 6. The molecular formula is C27H34Cl2N4O4. The van der Waals surface area contributed by atoms with Crippen LogP contribution in [0.2, 0.25) is 0 Å². The Labute approximate surface area is 229 Å². The summed E-state index contributed by atoms with van der Waals surface area (Å²) in [5.41, 5.74) is 3.30. The summed E-state index contributed by atoms with van der Waals surface area (Å²) in [5.74, 6) is 2.78. The molecule has 2 aromatic heterocycles. The third-order valence-electron chi connectivity index (χ3n) is 7.60. The molecule has 37 heavy (non-hydrogen) atoms. The largest absolute Gasteiger partial charge is 0.496 e. The van der Waals surface area contributed by atoms with E-state index in [0.29, 0.717) is 25.2 Å². The van der Waals surface area contributed by atoms with Crippen LogP contribution >= 0.6 is 24.8 Å². The minimum Gasteiger partial charge on any atom is -0.496 e. The van der Waals surface area contributed by atoms with Gasteiger partial charge >= 0.3 is 0 Å². The zero-order valence-electron chi connectivity index (χ0n) is 21.0. The van der Waals surface area contributed by atoms with E-state index in [4.69, 9.17) is 14.2 Å². The number of benzene rings is 1. The first-order valence-corrected chi connectivity index (χ1v) is 12.6. The lowest BCUT2D eigenvalue weighted by Gasteiger charge is -2.36. The molecule has 0 spiro atoms. The molecule has 1 N–H and O–H groups in total. The van der Waals surface area contributed by atoms with Gasteiger partial charge in [-0.1, -0.05) is 0 Å². The molecule has 0 amide bonds. The minimum absolute atomic E-state index is 0. The molecular weight excluding hydrogens is 515 g/mol. The van der Waals surface area contributed by atoms with Crippen molar-refractivity contribution in [2.75, 3.05) is 40.0 Å². The highest BCUT2D eigenvalue weighted by Crippen LogP contribution is 2.39. The van der Waals surface area contributed by atoms with Gasteiger partial charge in [-0.25, -0.2) is 0 Å². The predicted octanol–water partition coefficient (Wildman–Crippen LogP) is 3.76. The van der Waals surface area contributed by atoms with Gasteiger partial charge in [-0.3, -0.25) is 9.78 Å². The van der Waals surface area contributed by atoms with Crippen LogP contribution < -0.4 is 25.1 Å². The maximum absolute atomic E-state index is 12.5. The number of nitrogens with one attached hydrogen (secondary N) is 1. The molecule has 0 bridgehead atoms. The molecule has 3 aliphatic rings. The number of methoxy groups -OCH3 is 1. The van der Waals surface area contributed by atoms with E-state index in [0.717, 1.165) is 85.8 Å². The van der Waals surface area contributed by atoms with Gasteiger partial charge in [-0.2, -0.15) is 0 Å². The fourth-order valence-electron chi connectivity index (χ4n) is 5.78. The molecule has 0 saturated carbocycles. The molecule has 0 radical (unpaired) electrons. The van der Waals surface area contributed by atoms with Crippen molar-refractivity contribution < 1.29 is 14.2 Å². The number of aryl methyl sites for hydroxylation is 1. The first-order valence-electron chi connectivity index (χ1n) is 12.6. The summed E-state index contributed by atoms with van der Waals surface area (Å²) in [5, 5.41) is 4.79. The van der Waals surface area contributed by atoms with Gasteiger partial charge in [-0.05, 0) is 55.9 Å². The van der Waals surface area contributed by atoms with Gasteiger partial charge in [-0.15, -0.1) is 24.8 Å². The number of hydrogen-bond acceptors (Lipinski definition) is 7. The van der Waals surface area contributed by atoms with Crippen molar-refractivity contribution in [1.29, 1.82) is 0 Å². The molecule has 1 unspecified atom stereocenters. The molecule has 10 heteroatoms. The second kappa shape index (κ2) is 11.9. The number of likely N-dealkylation sites (tertiary alicyclic amines) is 1. The average Bonchev–Trinajstić information content (AvgIpc) is 2.91. The van der Waals surface area contributed by atoms with Gasteiger partial charge in [0, 0.05) is 49.3 Å². The van der Waals surface area contributed by atoms with Crippen molar-refractivity contribution in [1.82, 2.24) is 19.8 Å². The summed E-state index contributed by atoms with van der Waals surface area (Å²) >= 11 is 0.